The Balaban J connectivity index is 1.74. The maximum Gasteiger partial charge on any atom is 0.269 e. The molecule has 5 rings (SSSR count). The van der Waals surface area contributed by atoms with Gasteiger partial charge in [-0.05, 0) is 49.4 Å². The van der Waals surface area contributed by atoms with Crippen molar-refractivity contribution in [1.29, 1.82) is 0 Å². The standard InChI is InChI=1S/C22H20N4O2S2/c1-25-10-6-16(7-11-25)20-15-26(30(27,28)18-3-2-8-23-14-18)21-5-4-17(13-19(20)21)22-24-9-12-29-22/h2-6,8-9,12-15H,7,10-11H2,1H3. The fourth-order valence-electron chi connectivity index (χ4n) is 3.78. The van der Waals surface area contributed by atoms with E-state index in [0.29, 0.717) is 5.52 Å². The molecule has 0 N–H and O–H groups in total. The smallest absolute Gasteiger partial charge is 0.269 e. The number of nitrogens with zero attached hydrogens (tertiary/aromatic N) is 4. The molecule has 0 atom stereocenters. The highest BCUT2D eigenvalue weighted by Crippen LogP contribution is 2.35. The van der Waals surface area contributed by atoms with E-state index >= 15 is 0 Å². The number of thiazole rings is 1. The molecule has 0 radical (unpaired) electrons. The first-order chi connectivity index (χ1) is 14.5. The van der Waals surface area contributed by atoms with E-state index in [0.717, 1.165) is 41.0 Å². The number of fused-ring (bicyclic) bond motifs is 1. The molecule has 0 saturated carbocycles. The average Bonchev–Trinajstić information content (AvgIpc) is 3.43. The summed E-state index contributed by atoms with van der Waals surface area (Å²) in [5.41, 5.74) is 3.79. The predicted molar refractivity (Wildman–Crippen MR) is 120 cm³/mol. The Morgan fingerprint density at radius 2 is 2.07 bits per heavy atom. The van der Waals surface area contributed by atoms with Crippen LogP contribution in [0.1, 0.15) is 12.0 Å². The number of pyridine rings is 1. The zero-order chi connectivity index (χ0) is 20.7. The summed E-state index contributed by atoms with van der Waals surface area (Å²) in [5.74, 6) is 0. The van der Waals surface area contributed by atoms with Gasteiger partial charge in [0.2, 0.25) is 0 Å². The van der Waals surface area contributed by atoms with Crippen molar-refractivity contribution in [2.45, 2.75) is 11.3 Å². The van der Waals surface area contributed by atoms with Crippen molar-refractivity contribution < 1.29 is 8.42 Å². The highest BCUT2D eigenvalue weighted by atomic mass is 32.2. The van der Waals surface area contributed by atoms with E-state index in [1.807, 2.05) is 17.5 Å². The fourth-order valence-corrected chi connectivity index (χ4v) is 5.75. The van der Waals surface area contributed by atoms with Gasteiger partial charge in [0.15, 0.2) is 0 Å². The molecule has 1 aliphatic heterocycles. The van der Waals surface area contributed by atoms with Crippen LogP contribution in [0.25, 0.3) is 27.0 Å². The molecule has 0 fully saturated rings. The Kier molecular flexibility index (Phi) is 4.77. The van der Waals surface area contributed by atoms with E-state index in [-0.39, 0.29) is 4.90 Å². The molecule has 152 valence electrons. The van der Waals surface area contributed by atoms with Crippen molar-refractivity contribution in [1.82, 2.24) is 18.8 Å². The first-order valence-electron chi connectivity index (χ1n) is 9.62. The summed E-state index contributed by atoms with van der Waals surface area (Å²) in [6.45, 7) is 1.80. The monoisotopic (exact) mass is 436 g/mol. The lowest BCUT2D eigenvalue weighted by atomic mass is 9.98. The zero-order valence-corrected chi connectivity index (χ0v) is 18.0. The molecule has 0 aliphatic carbocycles. The van der Waals surface area contributed by atoms with Gasteiger partial charge in [0.05, 0.1) is 5.52 Å². The van der Waals surface area contributed by atoms with E-state index in [1.165, 1.54) is 15.7 Å². The summed E-state index contributed by atoms with van der Waals surface area (Å²) in [6, 6.07) is 9.08. The third kappa shape index (κ3) is 3.27. The van der Waals surface area contributed by atoms with E-state index in [2.05, 4.69) is 34.1 Å². The molecule has 6 nitrogen and oxygen atoms in total. The Hall–Kier alpha value is -2.81. The lowest BCUT2D eigenvalue weighted by molar-refractivity contribution is 0.370. The van der Waals surface area contributed by atoms with Crippen LogP contribution in [-0.2, 0) is 10.0 Å². The Morgan fingerprint density at radius 3 is 2.77 bits per heavy atom. The van der Waals surface area contributed by atoms with E-state index in [1.54, 1.807) is 42.1 Å². The highest BCUT2D eigenvalue weighted by Gasteiger charge is 2.24. The molecule has 0 saturated heterocycles. The molecule has 0 spiro atoms. The molecule has 0 unspecified atom stereocenters. The Labute approximate surface area is 179 Å². The second kappa shape index (κ2) is 7.46. The molecule has 3 aromatic heterocycles. The second-order valence-corrected chi connectivity index (χ2v) is 10.1. The molecule has 1 aliphatic rings. The van der Waals surface area contributed by atoms with Gasteiger partial charge in [-0.1, -0.05) is 6.08 Å². The van der Waals surface area contributed by atoms with Crippen molar-refractivity contribution >= 4 is 37.8 Å². The van der Waals surface area contributed by atoms with Gasteiger partial charge >= 0.3 is 0 Å². The van der Waals surface area contributed by atoms with Crippen LogP contribution in [0, 0.1) is 0 Å². The number of hydrogen-bond donors (Lipinski definition) is 0. The van der Waals surface area contributed by atoms with Crippen molar-refractivity contribution in [2.24, 2.45) is 0 Å². The van der Waals surface area contributed by atoms with Gasteiger partial charge in [-0.25, -0.2) is 17.4 Å². The van der Waals surface area contributed by atoms with Crippen LogP contribution >= 0.6 is 11.3 Å². The maximum atomic E-state index is 13.4. The third-order valence-corrected chi connectivity index (χ3v) is 7.88. The van der Waals surface area contributed by atoms with E-state index < -0.39 is 10.0 Å². The highest BCUT2D eigenvalue weighted by molar-refractivity contribution is 7.90. The summed E-state index contributed by atoms with van der Waals surface area (Å²) >= 11 is 1.57. The van der Waals surface area contributed by atoms with Crippen molar-refractivity contribution in [3.63, 3.8) is 0 Å². The third-order valence-electron chi connectivity index (χ3n) is 5.40. The Morgan fingerprint density at radius 1 is 1.17 bits per heavy atom. The van der Waals surface area contributed by atoms with E-state index in [9.17, 15) is 8.42 Å². The largest absolute Gasteiger partial charge is 0.302 e. The van der Waals surface area contributed by atoms with Crippen LogP contribution in [0.4, 0.5) is 0 Å². The van der Waals surface area contributed by atoms with Crippen LogP contribution in [0.2, 0.25) is 0 Å². The molecule has 1 aromatic carbocycles. The summed E-state index contributed by atoms with van der Waals surface area (Å²) < 4.78 is 28.2. The van der Waals surface area contributed by atoms with Gasteiger partial charge in [-0.3, -0.25) is 4.98 Å². The normalized spacial score (nSPS) is 15.4. The molecule has 8 heteroatoms. The van der Waals surface area contributed by atoms with Gasteiger partial charge in [0.25, 0.3) is 10.0 Å². The fraction of sp³-hybridized carbons (Fsp3) is 0.182. The van der Waals surface area contributed by atoms with Gasteiger partial charge in [-0.2, -0.15) is 0 Å². The van der Waals surface area contributed by atoms with Crippen LogP contribution in [0.15, 0.2) is 71.5 Å². The summed E-state index contributed by atoms with van der Waals surface area (Å²) in [6.07, 6.45) is 9.57. The molecular formula is C22H20N4O2S2. The van der Waals surface area contributed by atoms with Gasteiger partial charge < -0.3 is 4.90 Å². The quantitative estimate of drug-likeness (QED) is 0.481. The SMILES string of the molecule is CN1CC=C(c2cn(S(=O)(=O)c3cccnc3)c3ccc(-c4nccs4)cc23)CC1. The number of likely N-dealkylation sites (N-methyl/N-ethyl adjacent to an activating group) is 1. The van der Waals surface area contributed by atoms with E-state index in [4.69, 9.17) is 0 Å². The van der Waals surface area contributed by atoms with Gasteiger partial charge in [0.1, 0.15) is 9.90 Å². The summed E-state index contributed by atoms with van der Waals surface area (Å²) in [7, 11) is -1.67. The van der Waals surface area contributed by atoms with Crippen LogP contribution in [-0.4, -0.2) is 47.4 Å². The summed E-state index contributed by atoms with van der Waals surface area (Å²) in [4.78, 5) is 10.8. The minimum absolute atomic E-state index is 0.176. The van der Waals surface area contributed by atoms with Gasteiger partial charge in [-0.15, -0.1) is 11.3 Å². The molecule has 30 heavy (non-hydrogen) atoms. The van der Waals surface area contributed by atoms with Crippen molar-refractivity contribution in [2.75, 3.05) is 20.1 Å². The molecule has 4 aromatic rings. The lowest BCUT2D eigenvalue weighted by Crippen LogP contribution is -2.23. The molecular weight excluding hydrogens is 416 g/mol. The Bertz CT molecular complexity index is 1340. The minimum atomic E-state index is -3.76. The van der Waals surface area contributed by atoms with Crippen molar-refractivity contribution in [3.05, 3.63) is 72.1 Å². The number of rotatable bonds is 4. The van der Waals surface area contributed by atoms with Crippen LogP contribution < -0.4 is 0 Å². The molecule has 4 heterocycles. The number of hydrogen-bond acceptors (Lipinski definition) is 6. The first kappa shape index (κ1) is 19.2. The van der Waals surface area contributed by atoms with Crippen LogP contribution in [0.5, 0.6) is 0 Å². The molecule has 0 bridgehead atoms. The topological polar surface area (TPSA) is 68.1 Å². The average molecular weight is 437 g/mol. The lowest BCUT2D eigenvalue weighted by Gasteiger charge is -2.21. The second-order valence-electron chi connectivity index (χ2n) is 7.34. The predicted octanol–water partition coefficient (Wildman–Crippen LogP) is 4.12. The minimum Gasteiger partial charge on any atom is -0.302 e. The number of benzene rings is 1. The van der Waals surface area contributed by atoms with Crippen molar-refractivity contribution in [3.8, 4) is 10.6 Å². The summed E-state index contributed by atoms with van der Waals surface area (Å²) in [5, 5.41) is 3.78. The zero-order valence-electron chi connectivity index (χ0n) is 16.4. The molecule has 0 amide bonds. The van der Waals surface area contributed by atoms with Gasteiger partial charge in [0, 0.05) is 59.8 Å². The first-order valence-corrected chi connectivity index (χ1v) is 11.9. The maximum absolute atomic E-state index is 13.4. The van der Waals surface area contributed by atoms with Crippen LogP contribution in [0.3, 0.4) is 0 Å². The number of aromatic nitrogens is 3.